The molecule has 1 amide bonds. The number of rotatable bonds is 9. The molecule has 0 aliphatic carbocycles. The smallest absolute Gasteiger partial charge is 0.224 e. The van der Waals surface area contributed by atoms with E-state index in [1.165, 1.54) is 19.3 Å². The van der Waals surface area contributed by atoms with Crippen molar-refractivity contribution >= 4 is 11.6 Å². The van der Waals surface area contributed by atoms with E-state index in [4.69, 9.17) is 0 Å². The van der Waals surface area contributed by atoms with Gasteiger partial charge in [0, 0.05) is 18.7 Å². The molecule has 0 bridgehead atoms. The zero-order valence-corrected chi connectivity index (χ0v) is 12.2. The summed E-state index contributed by atoms with van der Waals surface area (Å²) in [5.74, 6) is 0.125. The fourth-order valence-corrected chi connectivity index (χ4v) is 2.09. The van der Waals surface area contributed by atoms with Crippen LogP contribution in [0.15, 0.2) is 24.3 Å². The predicted octanol–water partition coefficient (Wildman–Crippen LogP) is 3.71. The summed E-state index contributed by atoms with van der Waals surface area (Å²) in [5.41, 5.74) is 2.06. The molecule has 0 saturated carbocycles. The van der Waals surface area contributed by atoms with Crippen molar-refractivity contribution in [3.8, 4) is 0 Å². The van der Waals surface area contributed by atoms with Gasteiger partial charge in [-0.05, 0) is 25.1 Å². The van der Waals surface area contributed by atoms with Gasteiger partial charge in [0.25, 0.3) is 0 Å². The van der Waals surface area contributed by atoms with Gasteiger partial charge in [0.2, 0.25) is 5.91 Å². The maximum absolute atomic E-state index is 11.9. The first kappa shape index (κ1) is 15.7. The van der Waals surface area contributed by atoms with Gasteiger partial charge in [-0.1, -0.05) is 50.8 Å². The average Bonchev–Trinajstić information content (AvgIpc) is 2.41. The Balaban J connectivity index is 2.35. The highest BCUT2D eigenvalue weighted by Gasteiger charge is 2.05. The molecule has 0 aromatic heterocycles. The first-order valence-corrected chi connectivity index (χ1v) is 7.30. The van der Waals surface area contributed by atoms with Gasteiger partial charge in [0.1, 0.15) is 0 Å². The third-order valence-corrected chi connectivity index (χ3v) is 3.17. The lowest BCUT2D eigenvalue weighted by atomic mass is 10.1. The van der Waals surface area contributed by atoms with Gasteiger partial charge in [-0.15, -0.1) is 0 Å². The highest BCUT2D eigenvalue weighted by Crippen LogP contribution is 2.15. The Kier molecular flexibility index (Phi) is 7.91. The second-order valence-electron chi connectivity index (χ2n) is 4.90. The van der Waals surface area contributed by atoms with E-state index < -0.39 is 0 Å². The Morgan fingerprint density at radius 1 is 1.11 bits per heavy atom. The predicted molar refractivity (Wildman–Crippen MR) is 81.2 cm³/mol. The van der Waals surface area contributed by atoms with Gasteiger partial charge < -0.3 is 10.6 Å². The monoisotopic (exact) mass is 262 g/mol. The molecule has 0 atom stereocenters. The van der Waals surface area contributed by atoms with Crippen molar-refractivity contribution in [2.75, 3.05) is 12.4 Å². The third-order valence-electron chi connectivity index (χ3n) is 3.17. The van der Waals surface area contributed by atoms with Gasteiger partial charge in [-0.3, -0.25) is 4.79 Å². The molecule has 1 rings (SSSR count). The second-order valence-corrected chi connectivity index (χ2v) is 4.90. The van der Waals surface area contributed by atoms with Crippen molar-refractivity contribution in [2.24, 2.45) is 0 Å². The van der Waals surface area contributed by atoms with Gasteiger partial charge in [0.05, 0.1) is 0 Å². The van der Waals surface area contributed by atoms with Crippen LogP contribution in [0.3, 0.4) is 0 Å². The molecular weight excluding hydrogens is 236 g/mol. The van der Waals surface area contributed by atoms with E-state index >= 15 is 0 Å². The molecule has 0 saturated heterocycles. The molecule has 0 heterocycles. The number of hydrogen-bond donors (Lipinski definition) is 2. The number of unbranched alkanes of at least 4 members (excludes halogenated alkanes) is 4. The van der Waals surface area contributed by atoms with Crippen LogP contribution in [0.1, 0.15) is 51.0 Å². The summed E-state index contributed by atoms with van der Waals surface area (Å²) >= 11 is 0. The van der Waals surface area contributed by atoms with E-state index in [2.05, 4.69) is 17.6 Å². The summed E-state index contributed by atoms with van der Waals surface area (Å²) in [6.45, 7) is 2.97. The molecule has 0 radical (unpaired) electrons. The molecule has 19 heavy (non-hydrogen) atoms. The zero-order chi connectivity index (χ0) is 13.9. The first-order valence-electron chi connectivity index (χ1n) is 7.30. The van der Waals surface area contributed by atoms with E-state index in [-0.39, 0.29) is 5.91 Å². The second kappa shape index (κ2) is 9.56. The summed E-state index contributed by atoms with van der Waals surface area (Å²) < 4.78 is 0. The Bertz CT molecular complexity index is 377. The molecular formula is C16H26N2O. The van der Waals surface area contributed by atoms with Gasteiger partial charge in [-0.2, -0.15) is 0 Å². The van der Waals surface area contributed by atoms with Crippen molar-refractivity contribution in [3.05, 3.63) is 29.8 Å². The maximum atomic E-state index is 11.9. The van der Waals surface area contributed by atoms with Crippen LogP contribution in [0.25, 0.3) is 0 Å². The minimum Gasteiger partial charge on any atom is -0.326 e. The molecule has 0 aliphatic rings. The lowest BCUT2D eigenvalue weighted by molar-refractivity contribution is -0.116. The van der Waals surface area contributed by atoms with Gasteiger partial charge >= 0.3 is 0 Å². The highest BCUT2D eigenvalue weighted by atomic mass is 16.1. The minimum absolute atomic E-state index is 0.125. The molecule has 1 aromatic carbocycles. The van der Waals surface area contributed by atoms with Crippen molar-refractivity contribution in [1.29, 1.82) is 0 Å². The topological polar surface area (TPSA) is 41.1 Å². The largest absolute Gasteiger partial charge is 0.326 e. The van der Waals surface area contributed by atoms with Crippen LogP contribution < -0.4 is 10.6 Å². The Labute approximate surface area is 116 Å². The van der Waals surface area contributed by atoms with Crippen molar-refractivity contribution in [1.82, 2.24) is 5.32 Å². The molecule has 3 nitrogen and oxygen atoms in total. The number of hydrogen-bond acceptors (Lipinski definition) is 2. The lowest BCUT2D eigenvalue weighted by Gasteiger charge is -2.10. The van der Waals surface area contributed by atoms with E-state index in [0.29, 0.717) is 6.42 Å². The average molecular weight is 262 g/mol. The van der Waals surface area contributed by atoms with Crippen LogP contribution in [-0.2, 0) is 11.3 Å². The van der Waals surface area contributed by atoms with Crippen LogP contribution in [-0.4, -0.2) is 13.0 Å². The molecule has 106 valence electrons. The van der Waals surface area contributed by atoms with E-state index in [1.807, 2.05) is 31.3 Å². The molecule has 0 aliphatic heterocycles. The Morgan fingerprint density at radius 3 is 2.58 bits per heavy atom. The SMILES string of the molecule is CCCCCCCC(=O)Nc1ccccc1CNC. The standard InChI is InChI=1S/C16H26N2O/c1-3-4-5-6-7-12-16(19)18-15-11-9-8-10-14(15)13-17-2/h8-11,17H,3-7,12-13H2,1-2H3,(H,18,19). The molecule has 0 unspecified atom stereocenters. The summed E-state index contributed by atoms with van der Waals surface area (Å²) in [7, 11) is 1.91. The lowest BCUT2D eigenvalue weighted by Crippen LogP contribution is -2.14. The number of amides is 1. The van der Waals surface area contributed by atoms with Crippen LogP contribution in [0.2, 0.25) is 0 Å². The van der Waals surface area contributed by atoms with Crippen LogP contribution in [0.5, 0.6) is 0 Å². The maximum Gasteiger partial charge on any atom is 0.224 e. The van der Waals surface area contributed by atoms with E-state index in [1.54, 1.807) is 0 Å². The van der Waals surface area contributed by atoms with Crippen molar-refractivity contribution < 1.29 is 4.79 Å². The summed E-state index contributed by atoms with van der Waals surface area (Å²) in [4.78, 5) is 11.9. The fraction of sp³-hybridized carbons (Fsp3) is 0.562. The summed E-state index contributed by atoms with van der Waals surface area (Å²) in [6, 6.07) is 7.94. The molecule has 1 aromatic rings. The van der Waals surface area contributed by atoms with E-state index in [9.17, 15) is 4.79 Å². The van der Waals surface area contributed by atoms with Gasteiger partial charge in [-0.25, -0.2) is 0 Å². The highest BCUT2D eigenvalue weighted by molar-refractivity contribution is 5.91. The number of anilines is 1. The minimum atomic E-state index is 0.125. The van der Waals surface area contributed by atoms with Crippen LogP contribution in [0.4, 0.5) is 5.69 Å². The summed E-state index contributed by atoms with van der Waals surface area (Å²) in [5, 5.41) is 6.12. The quantitative estimate of drug-likeness (QED) is 0.666. The number of carbonyl (C=O) groups excluding carboxylic acids is 1. The van der Waals surface area contributed by atoms with Gasteiger partial charge in [0.15, 0.2) is 0 Å². The molecule has 3 heteroatoms. The van der Waals surface area contributed by atoms with Crippen LogP contribution >= 0.6 is 0 Å². The first-order chi connectivity index (χ1) is 9.27. The van der Waals surface area contributed by atoms with E-state index in [0.717, 1.165) is 30.6 Å². The number of benzene rings is 1. The Hall–Kier alpha value is -1.35. The zero-order valence-electron chi connectivity index (χ0n) is 12.2. The van der Waals surface area contributed by atoms with Crippen molar-refractivity contribution in [2.45, 2.75) is 52.0 Å². The third kappa shape index (κ3) is 6.39. The molecule has 2 N–H and O–H groups in total. The fourth-order valence-electron chi connectivity index (χ4n) is 2.09. The normalized spacial score (nSPS) is 10.4. The van der Waals surface area contributed by atoms with Crippen molar-refractivity contribution in [3.63, 3.8) is 0 Å². The summed E-state index contributed by atoms with van der Waals surface area (Å²) in [6.07, 6.45) is 6.51. The molecule has 0 spiro atoms. The van der Waals surface area contributed by atoms with Crippen LogP contribution in [0, 0.1) is 0 Å². The Morgan fingerprint density at radius 2 is 1.84 bits per heavy atom. The number of para-hydroxylation sites is 1. The molecule has 0 fully saturated rings. The number of nitrogens with one attached hydrogen (secondary N) is 2. The number of carbonyl (C=O) groups is 1.